The Morgan fingerprint density at radius 1 is 1.60 bits per heavy atom. The summed E-state index contributed by atoms with van der Waals surface area (Å²) in [5.74, 6) is 0.928. The molecule has 0 saturated heterocycles. The van der Waals surface area contributed by atoms with Gasteiger partial charge in [0.15, 0.2) is 0 Å². The summed E-state index contributed by atoms with van der Waals surface area (Å²) in [5, 5.41) is 3.40. The summed E-state index contributed by atoms with van der Waals surface area (Å²) in [7, 11) is 0. The first kappa shape index (κ1) is 10.9. The fraction of sp³-hybridized carbons (Fsp3) is 0.545. The van der Waals surface area contributed by atoms with Crippen molar-refractivity contribution >= 4 is 21.7 Å². The van der Waals surface area contributed by atoms with Crippen LogP contribution in [0.1, 0.15) is 19.8 Å². The van der Waals surface area contributed by atoms with E-state index < -0.39 is 0 Å². The van der Waals surface area contributed by atoms with Crippen molar-refractivity contribution in [3.63, 3.8) is 0 Å². The van der Waals surface area contributed by atoms with Crippen LogP contribution in [0, 0.1) is 0 Å². The van der Waals surface area contributed by atoms with E-state index in [1.54, 1.807) is 6.20 Å². The summed E-state index contributed by atoms with van der Waals surface area (Å²) in [4.78, 5) is 4.27. The third kappa shape index (κ3) is 2.69. The second kappa shape index (κ2) is 4.94. The summed E-state index contributed by atoms with van der Waals surface area (Å²) in [6.45, 7) is 2.85. The highest BCUT2D eigenvalue weighted by Gasteiger charge is 2.29. The zero-order valence-electron chi connectivity index (χ0n) is 8.74. The van der Waals surface area contributed by atoms with Crippen LogP contribution in [0.25, 0.3) is 0 Å². The molecule has 1 aliphatic carbocycles. The molecule has 1 fully saturated rings. The number of nitrogens with zero attached hydrogens (tertiary/aromatic N) is 1. The van der Waals surface area contributed by atoms with Crippen LogP contribution in [0.4, 0.5) is 5.82 Å². The number of pyridine rings is 1. The van der Waals surface area contributed by atoms with Gasteiger partial charge in [0.2, 0.25) is 0 Å². The van der Waals surface area contributed by atoms with Crippen molar-refractivity contribution in [1.82, 2.24) is 4.98 Å². The molecule has 0 radical (unpaired) electrons. The average Bonchev–Trinajstić information content (AvgIpc) is 2.18. The molecule has 15 heavy (non-hydrogen) atoms. The second-order valence-corrected chi connectivity index (χ2v) is 4.58. The molecule has 1 saturated carbocycles. The number of hydrogen-bond acceptors (Lipinski definition) is 3. The summed E-state index contributed by atoms with van der Waals surface area (Å²) in [6.07, 6.45) is 4.40. The van der Waals surface area contributed by atoms with Crippen LogP contribution in [0.3, 0.4) is 0 Å². The first-order valence-electron chi connectivity index (χ1n) is 5.28. The van der Waals surface area contributed by atoms with Gasteiger partial charge >= 0.3 is 0 Å². The molecule has 3 nitrogen and oxygen atoms in total. The molecule has 0 atom stereocenters. The topological polar surface area (TPSA) is 34.1 Å². The molecule has 0 unspecified atom stereocenters. The predicted molar refractivity (Wildman–Crippen MR) is 64.0 cm³/mol. The standard InChI is InChI=1S/C11H15BrN2O/c1-2-15-9-6-8(7-9)14-11-10(12)4-3-5-13-11/h3-5,8-9H,2,6-7H2,1H3,(H,13,14). The van der Waals surface area contributed by atoms with E-state index in [1.807, 2.05) is 19.1 Å². The Kier molecular flexibility index (Phi) is 3.59. The molecule has 82 valence electrons. The monoisotopic (exact) mass is 270 g/mol. The van der Waals surface area contributed by atoms with Crippen LogP contribution >= 0.6 is 15.9 Å². The summed E-state index contributed by atoms with van der Waals surface area (Å²) < 4.78 is 6.52. The van der Waals surface area contributed by atoms with Crippen molar-refractivity contribution in [3.8, 4) is 0 Å². The second-order valence-electron chi connectivity index (χ2n) is 3.72. The maximum absolute atomic E-state index is 5.50. The van der Waals surface area contributed by atoms with Gasteiger partial charge in [0, 0.05) is 18.8 Å². The number of anilines is 1. The maximum atomic E-state index is 5.50. The Morgan fingerprint density at radius 3 is 3.07 bits per heavy atom. The molecule has 1 aromatic rings. The largest absolute Gasteiger partial charge is 0.378 e. The molecule has 2 rings (SSSR count). The van der Waals surface area contributed by atoms with E-state index in [0.717, 1.165) is 29.7 Å². The summed E-state index contributed by atoms with van der Waals surface area (Å²) >= 11 is 3.47. The van der Waals surface area contributed by atoms with E-state index in [1.165, 1.54) is 0 Å². The molecule has 1 heterocycles. The molecule has 1 aliphatic rings. The molecule has 0 bridgehead atoms. The van der Waals surface area contributed by atoms with Gasteiger partial charge in [0.25, 0.3) is 0 Å². The quantitative estimate of drug-likeness (QED) is 0.914. The molecule has 0 aromatic carbocycles. The Balaban J connectivity index is 1.82. The van der Waals surface area contributed by atoms with Gasteiger partial charge in [0.05, 0.1) is 10.6 Å². The van der Waals surface area contributed by atoms with E-state index in [0.29, 0.717) is 12.1 Å². The van der Waals surface area contributed by atoms with Gasteiger partial charge in [-0.15, -0.1) is 0 Å². The van der Waals surface area contributed by atoms with E-state index in [-0.39, 0.29) is 0 Å². The maximum Gasteiger partial charge on any atom is 0.140 e. The van der Waals surface area contributed by atoms with Crippen LogP contribution in [0.2, 0.25) is 0 Å². The third-order valence-electron chi connectivity index (χ3n) is 2.60. The first-order chi connectivity index (χ1) is 7.29. The number of rotatable bonds is 4. The van der Waals surface area contributed by atoms with Crippen LogP contribution in [-0.4, -0.2) is 23.7 Å². The Morgan fingerprint density at radius 2 is 2.40 bits per heavy atom. The van der Waals surface area contributed by atoms with Crippen LogP contribution < -0.4 is 5.32 Å². The highest BCUT2D eigenvalue weighted by Crippen LogP contribution is 2.28. The smallest absolute Gasteiger partial charge is 0.140 e. The zero-order chi connectivity index (χ0) is 10.7. The van der Waals surface area contributed by atoms with E-state index in [2.05, 4.69) is 26.2 Å². The molecule has 1 aromatic heterocycles. The van der Waals surface area contributed by atoms with Crippen molar-refractivity contribution in [3.05, 3.63) is 22.8 Å². The van der Waals surface area contributed by atoms with Gasteiger partial charge < -0.3 is 10.1 Å². The summed E-state index contributed by atoms with van der Waals surface area (Å²) in [5.41, 5.74) is 0. The van der Waals surface area contributed by atoms with Crippen molar-refractivity contribution in [1.29, 1.82) is 0 Å². The minimum Gasteiger partial charge on any atom is -0.378 e. The Bertz CT molecular complexity index is 326. The fourth-order valence-electron chi connectivity index (χ4n) is 1.74. The number of aromatic nitrogens is 1. The highest BCUT2D eigenvalue weighted by atomic mass is 79.9. The van der Waals surface area contributed by atoms with Crippen molar-refractivity contribution in [2.24, 2.45) is 0 Å². The molecule has 1 N–H and O–H groups in total. The van der Waals surface area contributed by atoms with E-state index >= 15 is 0 Å². The molecule has 4 heteroatoms. The van der Waals surface area contributed by atoms with Gasteiger partial charge in [-0.1, -0.05) is 0 Å². The lowest BCUT2D eigenvalue weighted by Gasteiger charge is -2.35. The molecular formula is C11H15BrN2O. The molecule has 0 aliphatic heterocycles. The number of halogens is 1. The normalized spacial score (nSPS) is 24.7. The van der Waals surface area contributed by atoms with Crippen molar-refractivity contribution in [2.45, 2.75) is 31.9 Å². The van der Waals surface area contributed by atoms with Gasteiger partial charge in [-0.3, -0.25) is 0 Å². The molecule has 0 spiro atoms. The molecular weight excluding hydrogens is 256 g/mol. The van der Waals surface area contributed by atoms with Gasteiger partial charge in [0.1, 0.15) is 5.82 Å². The van der Waals surface area contributed by atoms with E-state index in [4.69, 9.17) is 4.74 Å². The lowest BCUT2D eigenvalue weighted by atomic mass is 9.89. The first-order valence-corrected chi connectivity index (χ1v) is 6.07. The third-order valence-corrected chi connectivity index (χ3v) is 3.24. The van der Waals surface area contributed by atoms with Gasteiger partial charge in [-0.25, -0.2) is 4.98 Å². The van der Waals surface area contributed by atoms with Gasteiger partial charge in [-0.05, 0) is 47.8 Å². The van der Waals surface area contributed by atoms with Crippen molar-refractivity contribution < 1.29 is 4.74 Å². The minimum atomic E-state index is 0.440. The lowest BCUT2D eigenvalue weighted by molar-refractivity contribution is 0.00291. The highest BCUT2D eigenvalue weighted by molar-refractivity contribution is 9.10. The zero-order valence-corrected chi connectivity index (χ0v) is 10.3. The minimum absolute atomic E-state index is 0.440. The van der Waals surface area contributed by atoms with E-state index in [9.17, 15) is 0 Å². The van der Waals surface area contributed by atoms with Gasteiger partial charge in [-0.2, -0.15) is 0 Å². The SMILES string of the molecule is CCOC1CC(Nc2ncccc2Br)C1. The molecule has 0 amide bonds. The lowest BCUT2D eigenvalue weighted by Crippen LogP contribution is -2.41. The Labute approximate surface area is 98.4 Å². The predicted octanol–water partition coefficient (Wildman–Crippen LogP) is 2.82. The summed E-state index contributed by atoms with van der Waals surface area (Å²) in [6, 6.07) is 4.42. The van der Waals surface area contributed by atoms with Crippen molar-refractivity contribution in [2.75, 3.05) is 11.9 Å². The van der Waals surface area contributed by atoms with Crippen LogP contribution in [-0.2, 0) is 4.74 Å². The number of nitrogens with one attached hydrogen (secondary N) is 1. The number of hydrogen-bond donors (Lipinski definition) is 1. The Hall–Kier alpha value is -0.610. The fourth-order valence-corrected chi connectivity index (χ4v) is 2.11. The van der Waals surface area contributed by atoms with Crippen LogP contribution in [0.5, 0.6) is 0 Å². The van der Waals surface area contributed by atoms with Crippen LogP contribution in [0.15, 0.2) is 22.8 Å². The number of ether oxygens (including phenoxy) is 1. The average molecular weight is 271 g/mol.